The summed E-state index contributed by atoms with van der Waals surface area (Å²) in [5, 5.41) is 8.14. The third-order valence-electron chi connectivity index (χ3n) is 2.44. The molecule has 0 aliphatic rings. The van der Waals surface area contributed by atoms with Crippen LogP contribution in [-0.2, 0) is 11.2 Å². The Morgan fingerprint density at radius 3 is 2.94 bits per heavy atom. The fraction of sp³-hybridized carbons (Fsp3) is 0.462. The molecule has 1 rings (SSSR count). The molecule has 2 unspecified atom stereocenters. The summed E-state index contributed by atoms with van der Waals surface area (Å²) in [6, 6.07) is 4.28. The number of hydrogen-bond acceptors (Lipinski definition) is 3. The van der Waals surface area contributed by atoms with Crippen LogP contribution in [0.2, 0.25) is 0 Å². The largest absolute Gasteiger partial charge is 0.351 e. The number of nitrogens with one attached hydrogen (secondary N) is 2. The smallest absolute Gasteiger partial charge is 0.237 e. The third kappa shape index (κ3) is 5.15. The van der Waals surface area contributed by atoms with Crippen LogP contribution < -0.4 is 10.6 Å². The molecular formula is C13H20N2OS. The average molecular weight is 252 g/mol. The molecule has 2 N–H and O–H groups in total. The van der Waals surface area contributed by atoms with Gasteiger partial charge in [-0.1, -0.05) is 12.1 Å². The van der Waals surface area contributed by atoms with E-state index in [-0.39, 0.29) is 18.0 Å². The number of hydrogen-bond donors (Lipinski definition) is 2. The van der Waals surface area contributed by atoms with Gasteiger partial charge in [-0.3, -0.25) is 4.79 Å². The Bertz CT molecular complexity index is 348. The summed E-state index contributed by atoms with van der Waals surface area (Å²) in [4.78, 5) is 13.0. The molecule has 0 radical (unpaired) electrons. The first kappa shape index (κ1) is 13.9. The first-order valence-electron chi connectivity index (χ1n) is 5.80. The topological polar surface area (TPSA) is 41.1 Å². The van der Waals surface area contributed by atoms with Crippen molar-refractivity contribution in [1.29, 1.82) is 0 Å². The predicted molar refractivity (Wildman–Crippen MR) is 73.3 cm³/mol. The Hall–Kier alpha value is -1.13. The standard InChI is InChI=1S/C13H20N2OS/c1-4-7-14-13(16)11(3)15-10(2)9-12-6-5-8-17-12/h4-6,8,10-11,15H,1,7,9H2,2-3H3,(H,14,16). The maximum Gasteiger partial charge on any atom is 0.237 e. The molecule has 2 atom stereocenters. The molecule has 0 fully saturated rings. The highest BCUT2D eigenvalue weighted by molar-refractivity contribution is 7.09. The molecule has 0 saturated heterocycles. The summed E-state index contributed by atoms with van der Waals surface area (Å²) < 4.78 is 0. The maximum absolute atomic E-state index is 11.6. The second kappa shape index (κ2) is 7.25. The van der Waals surface area contributed by atoms with E-state index in [1.54, 1.807) is 17.4 Å². The summed E-state index contributed by atoms with van der Waals surface area (Å²) in [6.45, 7) is 8.06. The molecule has 1 amide bonds. The van der Waals surface area contributed by atoms with Crippen LogP contribution >= 0.6 is 11.3 Å². The van der Waals surface area contributed by atoms with Gasteiger partial charge in [0.1, 0.15) is 0 Å². The van der Waals surface area contributed by atoms with Gasteiger partial charge in [-0.05, 0) is 31.7 Å². The van der Waals surface area contributed by atoms with Crippen molar-refractivity contribution in [2.75, 3.05) is 6.54 Å². The first-order chi connectivity index (χ1) is 8.13. The van der Waals surface area contributed by atoms with Crippen molar-refractivity contribution in [3.05, 3.63) is 35.0 Å². The van der Waals surface area contributed by atoms with Gasteiger partial charge in [0.05, 0.1) is 6.04 Å². The van der Waals surface area contributed by atoms with Crippen molar-refractivity contribution in [1.82, 2.24) is 10.6 Å². The number of thiophene rings is 1. The SMILES string of the molecule is C=CCNC(=O)C(C)NC(C)Cc1cccs1. The van der Waals surface area contributed by atoms with Gasteiger partial charge < -0.3 is 10.6 Å². The summed E-state index contributed by atoms with van der Waals surface area (Å²) in [7, 11) is 0. The Labute approximate surface area is 107 Å². The number of amides is 1. The molecule has 4 heteroatoms. The van der Waals surface area contributed by atoms with Crippen LogP contribution in [0, 0.1) is 0 Å². The number of carbonyl (C=O) groups excluding carboxylic acids is 1. The maximum atomic E-state index is 11.6. The van der Waals surface area contributed by atoms with Gasteiger partial charge in [-0.15, -0.1) is 17.9 Å². The zero-order valence-electron chi connectivity index (χ0n) is 10.4. The normalized spacial score (nSPS) is 14.0. The zero-order chi connectivity index (χ0) is 12.7. The Balaban J connectivity index is 2.32. The second-order valence-corrected chi connectivity index (χ2v) is 5.14. The second-order valence-electron chi connectivity index (χ2n) is 4.11. The molecule has 17 heavy (non-hydrogen) atoms. The number of carbonyl (C=O) groups is 1. The summed E-state index contributed by atoms with van der Waals surface area (Å²) >= 11 is 1.75. The van der Waals surface area contributed by atoms with Crippen LogP contribution in [0.5, 0.6) is 0 Å². The number of rotatable bonds is 7. The third-order valence-corrected chi connectivity index (χ3v) is 3.33. The first-order valence-corrected chi connectivity index (χ1v) is 6.68. The highest BCUT2D eigenvalue weighted by Gasteiger charge is 2.14. The summed E-state index contributed by atoms with van der Waals surface area (Å²) in [6.07, 6.45) is 2.64. The molecule has 3 nitrogen and oxygen atoms in total. The molecule has 0 aliphatic carbocycles. The van der Waals surface area contributed by atoms with Gasteiger partial charge in [0, 0.05) is 17.5 Å². The van der Waals surface area contributed by atoms with Gasteiger partial charge in [-0.25, -0.2) is 0 Å². The molecule has 0 bridgehead atoms. The van der Waals surface area contributed by atoms with Crippen LogP contribution in [0.4, 0.5) is 0 Å². The Morgan fingerprint density at radius 1 is 1.59 bits per heavy atom. The van der Waals surface area contributed by atoms with Gasteiger partial charge in [-0.2, -0.15) is 0 Å². The monoisotopic (exact) mass is 252 g/mol. The van der Waals surface area contributed by atoms with Gasteiger partial charge in [0.15, 0.2) is 0 Å². The van der Waals surface area contributed by atoms with E-state index in [4.69, 9.17) is 0 Å². The van der Waals surface area contributed by atoms with E-state index in [9.17, 15) is 4.79 Å². The van der Waals surface area contributed by atoms with E-state index in [1.807, 2.05) is 13.0 Å². The average Bonchev–Trinajstić information content (AvgIpc) is 2.78. The van der Waals surface area contributed by atoms with Crippen molar-refractivity contribution in [2.45, 2.75) is 32.4 Å². The van der Waals surface area contributed by atoms with E-state index in [0.717, 1.165) is 6.42 Å². The minimum absolute atomic E-state index is 0.0166. The highest BCUT2D eigenvalue weighted by atomic mass is 32.1. The Morgan fingerprint density at radius 2 is 2.35 bits per heavy atom. The van der Waals surface area contributed by atoms with Crippen molar-refractivity contribution in [3.8, 4) is 0 Å². The minimum atomic E-state index is -0.176. The molecule has 94 valence electrons. The fourth-order valence-corrected chi connectivity index (χ4v) is 2.45. The van der Waals surface area contributed by atoms with E-state index in [0.29, 0.717) is 6.54 Å². The lowest BCUT2D eigenvalue weighted by atomic mass is 10.2. The summed E-state index contributed by atoms with van der Waals surface area (Å²) in [5.41, 5.74) is 0. The van der Waals surface area contributed by atoms with Crippen LogP contribution in [0.25, 0.3) is 0 Å². The molecule has 0 saturated carbocycles. The van der Waals surface area contributed by atoms with Crippen LogP contribution in [-0.4, -0.2) is 24.5 Å². The molecular weight excluding hydrogens is 232 g/mol. The molecule has 0 spiro atoms. The van der Waals surface area contributed by atoms with Gasteiger partial charge >= 0.3 is 0 Å². The van der Waals surface area contributed by atoms with Crippen molar-refractivity contribution < 1.29 is 4.79 Å². The summed E-state index contributed by atoms with van der Waals surface area (Å²) in [5.74, 6) is 0.0166. The minimum Gasteiger partial charge on any atom is -0.351 e. The van der Waals surface area contributed by atoms with E-state index in [1.165, 1.54) is 4.88 Å². The quantitative estimate of drug-likeness (QED) is 0.728. The van der Waals surface area contributed by atoms with E-state index >= 15 is 0 Å². The van der Waals surface area contributed by atoms with Gasteiger partial charge in [0.25, 0.3) is 0 Å². The lowest BCUT2D eigenvalue weighted by molar-refractivity contribution is -0.122. The van der Waals surface area contributed by atoms with Crippen molar-refractivity contribution in [3.63, 3.8) is 0 Å². The fourth-order valence-electron chi connectivity index (χ4n) is 1.62. The predicted octanol–water partition coefficient (Wildman–Crippen LogP) is 1.96. The molecule has 0 aromatic carbocycles. The van der Waals surface area contributed by atoms with E-state index < -0.39 is 0 Å². The van der Waals surface area contributed by atoms with Crippen molar-refractivity contribution >= 4 is 17.2 Å². The highest BCUT2D eigenvalue weighted by Crippen LogP contribution is 2.11. The Kier molecular flexibility index (Phi) is 5.94. The van der Waals surface area contributed by atoms with E-state index in [2.05, 4.69) is 35.6 Å². The van der Waals surface area contributed by atoms with Crippen LogP contribution in [0.1, 0.15) is 18.7 Å². The zero-order valence-corrected chi connectivity index (χ0v) is 11.2. The van der Waals surface area contributed by atoms with Crippen molar-refractivity contribution in [2.24, 2.45) is 0 Å². The molecule has 0 aliphatic heterocycles. The lowest BCUT2D eigenvalue weighted by Gasteiger charge is -2.18. The molecule has 1 aromatic heterocycles. The van der Waals surface area contributed by atoms with Gasteiger partial charge in [0.2, 0.25) is 5.91 Å². The molecule has 1 heterocycles. The van der Waals surface area contributed by atoms with Crippen LogP contribution in [0.3, 0.4) is 0 Å². The van der Waals surface area contributed by atoms with Crippen LogP contribution in [0.15, 0.2) is 30.2 Å². The molecule has 1 aromatic rings. The lowest BCUT2D eigenvalue weighted by Crippen LogP contribution is -2.46.